The van der Waals surface area contributed by atoms with E-state index in [1.807, 2.05) is 6.92 Å². The van der Waals surface area contributed by atoms with E-state index in [-0.39, 0.29) is 0 Å². The molecule has 2 nitrogen and oxygen atoms in total. The Morgan fingerprint density at radius 3 is 2.57 bits per heavy atom. The number of aromatic nitrogens is 1. The topological polar surface area (TPSA) is 24.9 Å². The first-order valence-corrected chi connectivity index (χ1v) is 5.72. The van der Waals surface area contributed by atoms with E-state index < -0.39 is 0 Å². The van der Waals surface area contributed by atoms with Gasteiger partial charge in [0.15, 0.2) is 0 Å². The number of hydrogen-bond acceptors (Lipinski definition) is 2. The zero-order valence-electron chi connectivity index (χ0n) is 7.77. The molecule has 1 aromatic rings. The molecule has 0 unspecified atom stereocenters. The fourth-order valence-electron chi connectivity index (χ4n) is 0.945. The van der Waals surface area contributed by atoms with Gasteiger partial charge in [-0.1, -0.05) is 5.92 Å². The molecule has 0 amide bonds. The molecule has 1 heterocycles. The Kier molecular flexibility index (Phi) is 5.16. The van der Waals surface area contributed by atoms with Crippen LogP contribution >= 0.6 is 31.9 Å². The van der Waals surface area contributed by atoms with Gasteiger partial charge in [-0.25, -0.2) is 0 Å². The molecular formula is C10H10Br2N2. The van der Waals surface area contributed by atoms with Crippen molar-refractivity contribution >= 4 is 31.9 Å². The maximum Gasteiger partial charge on any atom is 0.0579 e. The molecule has 14 heavy (non-hydrogen) atoms. The molecule has 0 spiro atoms. The van der Waals surface area contributed by atoms with Gasteiger partial charge in [-0.15, -0.1) is 5.92 Å². The molecule has 0 atom stereocenters. The van der Waals surface area contributed by atoms with Crippen molar-refractivity contribution in [3.8, 4) is 11.8 Å². The highest BCUT2D eigenvalue weighted by Gasteiger charge is 2.03. The summed E-state index contributed by atoms with van der Waals surface area (Å²) >= 11 is 6.90. The van der Waals surface area contributed by atoms with Gasteiger partial charge in [0.25, 0.3) is 0 Å². The summed E-state index contributed by atoms with van der Waals surface area (Å²) in [7, 11) is 0. The number of hydrogen-bond donors (Lipinski definition) is 1. The van der Waals surface area contributed by atoms with E-state index in [4.69, 9.17) is 0 Å². The van der Waals surface area contributed by atoms with Gasteiger partial charge in [0.1, 0.15) is 0 Å². The standard InChI is InChI=1S/C10H10Br2N2/c1-2-3-4-13-5-8-9(11)6-14-7-10(8)12/h6-7,13H,4-5H2,1H3. The van der Waals surface area contributed by atoms with Crippen molar-refractivity contribution < 1.29 is 0 Å². The van der Waals surface area contributed by atoms with Gasteiger partial charge in [-0.2, -0.15) is 0 Å². The van der Waals surface area contributed by atoms with Crippen LogP contribution < -0.4 is 5.32 Å². The number of halogens is 2. The second kappa shape index (κ2) is 6.18. The van der Waals surface area contributed by atoms with Crippen LogP contribution in [0.25, 0.3) is 0 Å². The van der Waals surface area contributed by atoms with E-state index in [1.165, 1.54) is 0 Å². The summed E-state index contributed by atoms with van der Waals surface area (Å²) in [5.74, 6) is 5.78. The van der Waals surface area contributed by atoms with E-state index in [1.54, 1.807) is 12.4 Å². The molecule has 0 saturated heterocycles. The largest absolute Gasteiger partial charge is 0.302 e. The molecule has 0 aromatic carbocycles. The van der Waals surface area contributed by atoms with Crippen LogP contribution in [0.5, 0.6) is 0 Å². The monoisotopic (exact) mass is 316 g/mol. The average molecular weight is 318 g/mol. The third kappa shape index (κ3) is 3.41. The van der Waals surface area contributed by atoms with Gasteiger partial charge in [0.05, 0.1) is 6.54 Å². The van der Waals surface area contributed by atoms with Crippen LogP contribution in [0.15, 0.2) is 21.3 Å². The minimum atomic E-state index is 0.706. The Balaban J connectivity index is 2.60. The molecule has 1 N–H and O–H groups in total. The maximum absolute atomic E-state index is 4.04. The van der Waals surface area contributed by atoms with Crippen molar-refractivity contribution in [2.24, 2.45) is 0 Å². The fourth-order valence-corrected chi connectivity index (χ4v) is 2.16. The average Bonchev–Trinajstić information content (AvgIpc) is 2.16. The summed E-state index contributed by atoms with van der Waals surface area (Å²) in [4.78, 5) is 4.04. The van der Waals surface area contributed by atoms with Crippen LogP contribution in [0.1, 0.15) is 12.5 Å². The lowest BCUT2D eigenvalue weighted by molar-refractivity contribution is 0.762. The molecule has 0 aliphatic carbocycles. The Morgan fingerprint density at radius 1 is 1.36 bits per heavy atom. The second-order valence-electron chi connectivity index (χ2n) is 2.61. The summed E-state index contributed by atoms with van der Waals surface area (Å²) in [6.07, 6.45) is 3.57. The highest BCUT2D eigenvalue weighted by Crippen LogP contribution is 2.23. The molecule has 1 aromatic heterocycles. The van der Waals surface area contributed by atoms with E-state index in [0.29, 0.717) is 6.54 Å². The van der Waals surface area contributed by atoms with Crippen molar-refractivity contribution in [1.82, 2.24) is 10.3 Å². The molecule has 0 radical (unpaired) electrons. The summed E-state index contributed by atoms with van der Waals surface area (Å²) in [6, 6.07) is 0. The van der Waals surface area contributed by atoms with Crippen molar-refractivity contribution in [1.29, 1.82) is 0 Å². The fraction of sp³-hybridized carbons (Fsp3) is 0.300. The van der Waals surface area contributed by atoms with E-state index in [0.717, 1.165) is 21.1 Å². The zero-order chi connectivity index (χ0) is 10.4. The summed E-state index contributed by atoms with van der Waals surface area (Å²) in [5, 5.41) is 3.22. The SMILES string of the molecule is CC#CCNCc1c(Br)cncc1Br. The lowest BCUT2D eigenvalue weighted by Crippen LogP contribution is -2.14. The molecule has 4 heteroatoms. The minimum Gasteiger partial charge on any atom is -0.302 e. The Labute approximate surface area is 101 Å². The van der Waals surface area contributed by atoms with Crippen molar-refractivity contribution in [3.63, 3.8) is 0 Å². The Morgan fingerprint density at radius 2 is 2.00 bits per heavy atom. The molecule has 0 bridgehead atoms. The Bertz CT molecular complexity index is 346. The summed E-state index contributed by atoms with van der Waals surface area (Å²) < 4.78 is 2.01. The lowest BCUT2D eigenvalue weighted by atomic mass is 10.3. The molecule has 0 aliphatic rings. The van der Waals surface area contributed by atoms with Gasteiger partial charge in [0.2, 0.25) is 0 Å². The summed E-state index contributed by atoms with van der Waals surface area (Å²) in [5.41, 5.74) is 1.16. The molecule has 0 aliphatic heterocycles. The van der Waals surface area contributed by atoms with E-state index >= 15 is 0 Å². The van der Waals surface area contributed by atoms with Gasteiger partial charge in [-0.05, 0) is 44.3 Å². The van der Waals surface area contributed by atoms with E-state index in [2.05, 4.69) is 54.0 Å². The molecule has 0 saturated carbocycles. The highest BCUT2D eigenvalue weighted by atomic mass is 79.9. The van der Waals surface area contributed by atoms with Crippen LogP contribution in [0.3, 0.4) is 0 Å². The minimum absolute atomic E-state index is 0.706. The van der Waals surface area contributed by atoms with Crippen molar-refractivity contribution in [3.05, 3.63) is 26.9 Å². The lowest BCUT2D eigenvalue weighted by Gasteiger charge is -2.06. The normalized spacial score (nSPS) is 9.36. The van der Waals surface area contributed by atoms with Crippen LogP contribution in [0, 0.1) is 11.8 Å². The molecular weight excluding hydrogens is 308 g/mol. The quantitative estimate of drug-likeness (QED) is 0.685. The first kappa shape index (κ1) is 11.7. The number of nitrogens with zero attached hydrogens (tertiary/aromatic N) is 1. The van der Waals surface area contributed by atoms with Gasteiger partial charge in [0, 0.05) is 27.9 Å². The Hall–Kier alpha value is -0.370. The number of pyridine rings is 1. The third-order valence-electron chi connectivity index (χ3n) is 1.64. The number of nitrogens with one attached hydrogen (secondary N) is 1. The van der Waals surface area contributed by atoms with Crippen LogP contribution in [0.4, 0.5) is 0 Å². The molecule has 0 fully saturated rings. The maximum atomic E-state index is 4.04. The first-order chi connectivity index (χ1) is 6.75. The first-order valence-electron chi connectivity index (χ1n) is 4.14. The van der Waals surface area contributed by atoms with Crippen LogP contribution in [-0.2, 0) is 6.54 Å². The highest BCUT2D eigenvalue weighted by molar-refractivity contribution is 9.11. The number of rotatable bonds is 3. The predicted octanol–water partition coefficient (Wildman–Crippen LogP) is 2.72. The van der Waals surface area contributed by atoms with Crippen LogP contribution in [-0.4, -0.2) is 11.5 Å². The molecule has 74 valence electrons. The summed E-state index contributed by atoms with van der Waals surface area (Å²) in [6.45, 7) is 3.32. The van der Waals surface area contributed by atoms with Crippen molar-refractivity contribution in [2.75, 3.05) is 6.54 Å². The van der Waals surface area contributed by atoms with Crippen molar-refractivity contribution in [2.45, 2.75) is 13.5 Å². The van der Waals surface area contributed by atoms with Gasteiger partial charge < -0.3 is 5.32 Å². The van der Waals surface area contributed by atoms with Gasteiger partial charge in [-0.3, -0.25) is 4.98 Å². The third-order valence-corrected chi connectivity index (χ3v) is 3.01. The van der Waals surface area contributed by atoms with E-state index in [9.17, 15) is 0 Å². The second-order valence-corrected chi connectivity index (χ2v) is 4.32. The smallest absolute Gasteiger partial charge is 0.0579 e. The predicted molar refractivity (Wildman–Crippen MR) is 64.8 cm³/mol. The molecule has 1 rings (SSSR count). The van der Waals surface area contributed by atoms with Crippen LogP contribution in [0.2, 0.25) is 0 Å². The zero-order valence-corrected chi connectivity index (χ0v) is 10.9. The van der Waals surface area contributed by atoms with Gasteiger partial charge >= 0.3 is 0 Å².